The molecule has 1 fully saturated rings. The molecule has 9 heteroatoms. The molecule has 0 saturated carbocycles. The van der Waals surface area contributed by atoms with Gasteiger partial charge in [0.05, 0.1) is 7.11 Å². The molecule has 6 amide bonds. The Labute approximate surface area is 170 Å². The van der Waals surface area contributed by atoms with Crippen LogP contribution in [-0.4, -0.2) is 54.0 Å². The Bertz CT molecular complexity index is 780. The van der Waals surface area contributed by atoms with E-state index in [2.05, 4.69) is 16.0 Å². The summed E-state index contributed by atoms with van der Waals surface area (Å²) in [6.07, 6.45) is 1.64. The van der Waals surface area contributed by atoms with Crippen molar-refractivity contribution in [3.8, 4) is 5.75 Å². The van der Waals surface area contributed by atoms with E-state index in [0.717, 1.165) is 16.2 Å². The quantitative estimate of drug-likeness (QED) is 0.569. The van der Waals surface area contributed by atoms with Crippen LogP contribution in [0.15, 0.2) is 24.3 Å². The van der Waals surface area contributed by atoms with Crippen LogP contribution in [0.3, 0.4) is 0 Å². The van der Waals surface area contributed by atoms with Crippen molar-refractivity contribution in [1.29, 1.82) is 0 Å². The topological polar surface area (TPSA) is 117 Å². The Morgan fingerprint density at radius 2 is 1.90 bits per heavy atom. The normalized spacial score (nSPS) is 19.5. The maximum absolute atomic E-state index is 12.7. The molecule has 0 aromatic heterocycles. The molecule has 158 valence electrons. The van der Waals surface area contributed by atoms with E-state index >= 15 is 0 Å². The lowest BCUT2D eigenvalue weighted by Gasteiger charge is -2.21. The van der Waals surface area contributed by atoms with Crippen molar-refractivity contribution in [2.24, 2.45) is 0 Å². The molecule has 2 atom stereocenters. The van der Waals surface area contributed by atoms with Crippen LogP contribution in [0.25, 0.3) is 0 Å². The third kappa shape index (κ3) is 5.69. The minimum Gasteiger partial charge on any atom is -0.497 e. The first-order valence-electron chi connectivity index (χ1n) is 9.56. The lowest BCUT2D eigenvalue weighted by atomic mass is 9.93. The number of nitrogens with zero attached hydrogens (tertiary/aromatic N) is 1. The van der Waals surface area contributed by atoms with Gasteiger partial charge in [-0.2, -0.15) is 0 Å². The number of urea groups is 2. The molecule has 29 heavy (non-hydrogen) atoms. The summed E-state index contributed by atoms with van der Waals surface area (Å²) in [5, 5.41) is 7.38. The zero-order chi connectivity index (χ0) is 21.6. The van der Waals surface area contributed by atoms with Gasteiger partial charge in [0.15, 0.2) is 0 Å². The highest BCUT2D eigenvalue weighted by Gasteiger charge is 2.47. The van der Waals surface area contributed by atoms with Gasteiger partial charge in [0.2, 0.25) is 5.91 Å². The van der Waals surface area contributed by atoms with Gasteiger partial charge in [0, 0.05) is 6.04 Å². The molecule has 1 aromatic rings. The average Bonchev–Trinajstić information content (AvgIpc) is 2.90. The lowest BCUT2D eigenvalue weighted by Crippen LogP contribution is -2.48. The first kappa shape index (κ1) is 22.2. The van der Waals surface area contributed by atoms with E-state index in [1.165, 1.54) is 0 Å². The minimum atomic E-state index is -1.11. The molecule has 2 rings (SSSR count). The van der Waals surface area contributed by atoms with Crippen molar-refractivity contribution < 1.29 is 23.9 Å². The van der Waals surface area contributed by atoms with Gasteiger partial charge >= 0.3 is 12.1 Å². The number of aryl methyl sites for hydroxylation is 1. The molecule has 9 nitrogen and oxygen atoms in total. The first-order valence-corrected chi connectivity index (χ1v) is 9.56. The van der Waals surface area contributed by atoms with Crippen LogP contribution < -0.4 is 20.7 Å². The van der Waals surface area contributed by atoms with Crippen LogP contribution in [0, 0.1) is 0 Å². The second kappa shape index (κ2) is 9.40. The summed E-state index contributed by atoms with van der Waals surface area (Å²) in [7, 11) is 1.58. The number of carbonyl (C=O) groups is 4. The van der Waals surface area contributed by atoms with Crippen LogP contribution in [-0.2, 0) is 16.0 Å². The molecule has 1 heterocycles. The third-order valence-electron chi connectivity index (χ3n) is 4.96. The highest BCUT2D eigenvalue weighted by Crippen LogP contribution is 2.24. The maximum Gasteiger partial charge on any atom is 0.325 e. The van der Waals surface area contributed by atoms with Gasteiger partial charge in [0.25, 0.3) is 5.91 Å². The summed E-state index contributed by atoms with van der Waals surface area (Å²) in [6, 6.07) is 6.04. The van der Waals surface area contributed by atoms with Gasteiger partial charge in [-0.15, -0.1) is 0 Å². The molecule has 0 bridgehead atoms. The Balaban J connectivity index is 1.93. The van der Waals surface area contributed by atoms with E-state index in [1.807, 2.05) is 31.2 Å². The summed E-state index contributed by atoms with van der Waals surface area (Å²) in [5.41, 5.74) is -0.122. The second-order valence-electron chi connectivity index (χ2n) is 7.33. The molecular formula is C20H28N4O5. The lowest BCUT2D eigenvalue weighted by molar-refractivity contribution is -0.134. The smallest absolute Gasteiger partial charge is 0.325 e. The van der Waals surface area contributed by atoms with Crippen LogP contribution >= 0.6 is 0 Å². The molecule has 0 radical (unpaired) electrons. The van der Waals surface area contributed by atoms with Gasteiger partial charge in [-0.05, 0) is 50.8 Å². The highest BCUT2D eigenvalue weighted by atomic mass is 16.5. The number of rotatable bonds is 8. The predicted octanol–water partition coefficient (Wildman–Crippen LogP) is 1.56. The molecule has 0 aliphatic carbocycles. The zero-order valence-corrected chi connectivity index (χ0v) is 17.2. The molecule has 1 aliphatic rings. The fourth-order valence-corrected chi connectivity index (χ4v) is 2.92. The van der Waals surface area contributed by atoms with Gasteiger partial charge < -0.3 is 15.4 Å². The number of ether oxygens (including phenoxy) is 1. The number of methoxy groups -OCH3 is 1. The molecule has 1 aliphatic heterocycles. The Morgan fingerprint density at radius 1 is 1.24 bits per heavy atom. The van der Waals surface area contributed by atoms with Crippen molar-refractivity contribution in [2.45, 2.75) is 51.6 Å². The number of hydrogen-bond donors (Lipinski definition) is 3. The minimum absolute atomic E-state index is 0.0965. The number of carbonyl (C=O) groups excluding carboxylic acids is 4. The number of benzene rings is 1. The monoisotopic (exact) mass is 404 g/mol. The third-order valence-corrected chi connectivity index (χ3v) is 4.96. The van der Waals surface area contributed by atoms with E-state index in [-0.39, 0.29) is 6.04 Å². The number of nitrogens with one attached hydrogen (secondary N) is 3. The van der Waals surface area contributed by atoms with E-state index in [0.29, 0.717) is 19.3 Å². The SMILES string of the molecule is CC[C@H](C)NC(=O)NC(=O)CN1C(=O)N[C@](C)(CCc2ccc(OC)cc2)C1=O. The maximum atomic E-state index is 12.7. The van der Waals surface area contributed by atoms with Crippen molar-refractivity contribution in [3.05, 3.63) is 29.8 Å². The molecular weight excluding hydrogens is 376 g/mol. The van der Waals surface area contributed by atoms with Crippen LogP contribution in [0.1, 0.15) is 39.2 Å². The van der Waals surface area contributed by atoms with Gasteiger partial charge in [-0.3, -0.25) is 19.8 Å². The van der Waals surface area contributed by atoms with Gasteiger partial charge in [-0.1, -0.05) is 19.1 Å². The zero-order valence-electron chi connectivity index (χ0n) is 17.2. The Kier molecular flexibility index (Phi) is 7.19. The van der Waals surface area contributed by atoms with E-state index < -0.39 is 36.0 Å². The van der Waals surface area contributed by atoms with Crippen molar-refractivity contribution >= 4 is 23.9 Å². The van der Waals surface area contributed by atoms with Crippen LogP contribution in [0.4, 0.5) is 9.59 Å². The van der Waals surface area contributed by atoms with Gasteiger partial charge in [-0.25, -0.2) is 9.59 Å². The predicted molar refractivity (Wildman–Crippen MR) is 106 cm³/mol. The number of imide groups is 2. The molecule has 1 saturated heterocycles. The van der Waals surface area contributed by atoms with E-state index in [4.69, 9.17) is 4.74 Å². The summed E-state index contributed by atoms with van der Waals surface area (Å²) in [6.45, 7) is 4.81. The van der Waals surface area contributed by atoms with Crippen LogP contribution in [0.5, 0.6) is 5.75 Å². The Hall–Kier alpha value is -3.10. The summed E-state index contributed by atoms with van der Waals surface area (Å²) in [5.74, 6) is -0.484. The molecule has 3 N–H and O–H groups in total. The largest absolute Gasteiger partial charge is 0.497 e. The summed E-state index contributed by atoms with van der Waals surface area (Å²) in [4.78, 5) is 49.6. The van der Waals surface area contributed by atoms with Gasteiger partial charge in [0.1, 0.15) is 17.8 Å². The van der Waals surface area contributed by atoms with Crippen molar-refractivity contribution in [3.63, 3.8) is 0 Å². The van der Waals surface area contributed by atoms with Crippen LogP contribution in [0.2, 0.25) is 0 Å². The second-order valence-corrected chi connectivity index (χ2v) is 7.33. The fourth-order valence-electron chi connectivity index (χ4n) is 2.92. The van der Waals surface area contributed by atoms with Crippen molar-refractivity contribution in [2.75, 3.05) is 13.7 Å². The number of amides is 6. The summed E-state index contributed by atoms with van der Waals surface area (Å²) < 4.78 is 5.12. The first-order chi connectivity index (χ1) is 13.7. The molecule has 0 unspecified atom stereocenters. The summed E-state index contributed by atoms with van der Waals surface area (Å²) >= 11 is 0. The van der Waals surface area contributed by atoms with E-state index in [9.17, 15) is 19.2 Å². The van der Waals surface area contributed by atoms with E-state index in [1.54, 1.807) is 21.0 Å². The number of hydrogen-bond acceptors (Lipinski definition) is 5. The average molecular weight is 404 g/mol. The standard InChI is InChI=1S/C20H28N4O5/c1-5-13(2)21-18(27)22-16(25)12-24-17(26)20(3,23-19(24)28)11-10-14-6-8-15(29-4)9-7-14/h6-9,13H,5,10-12H2,1-4H3,(H,23,28)(H2,21,22,25,27)/t13-,20+/m0/s1. The van der Waals surface area contributed by atoms with Crippen molar-refractivity contribution in [1.82, 2.24) is 20.9 Å². The molecule has 0 spiro atoms. The Morgan fingerprint density at radius 3 is 2.48 bits per heavy atom. The fraction of sp³-hybridized carbons (Fsp3) is 0.500. The highest BCUT2D eigenvalue weighted by molar-refractivity contribution is 6.09. The molecule has 1 aromatic carbocycles.